The highest BCUT2D eigenvalue weighted by Gasteiger charge is 2.20. The van der Waals surface area contributed by atoms with Crippen LogP contribution in [0.4, 0.5) is 0 Å². The molecule has 0 spiro atoms. The summed E-state index contributed by atoms with van der Waals surface area (Å²) in [6, 6.07) is 0.446. The first-order valence-corrected chi connectivity index (χ1v) is 7.58. The molecule has 18 heavy (non-hydrogen) atoms. The van der Waals surface area contributed by atoms with Crippen molar-refractivity contribution in [2.75, 3.05) is 7.11 Å². The molecular weight excluding hydrogens is 224 g/mol. The number of nitrogens with two attached hydrogens (primary N) is 1. The number of methoxy groups -OCH3 is 1. The minimum Gasteiger partial charge on any atom is -0.379 e. The maximum Gasteiger partial charge on any atom is 0.0623 e. The summed E-state index contributed by atoms with van der Waals surface area (Å²) in [5.41, 5.74) is 2.95. The molecule has 1 aliphatic rings. The van der Waals surface area contributed by atoms with Crippen LogP contribution in [-0.2, 0) is 4.74 Å². The number of hydrazine groups is 1. The van der Waals surface area contributed by atoms with Gasteiger partial charge in [0.25, 0.3) is 0 Å². The summed E-state index contributed by atoms with van der Waals surface area (Å²) in [6.45, 7) is 4.28. The topological polar surface area (TPSA) is 47.3 Å². The molecular formula is C15H32N2O. The highest BCUT2D eigenvalue weighted by Crippen LogP contribution is 2.28. The minimum atomic E-state index is -0.0278. The molecule has 1 fully saturated rings. The smallest absolute Gasteiger partial charge is 0.0623 e. The predicted molar refractivity (Wildman–Crippen MR) is 77.2 cm³/mol. The molecule has 0 aromatic heterocycles. The molecule has 0 saturated heterocycles. The second kappa shape index (κ2) is 8.13. The van der Waals surface area contributed by atoms with Gasteiger partial charge in [0, 0.05) is 13.2 Å². The van der Waals surface area contributed by atoms with Gasteiger partial charge in [-0.05, 0) is 45.4 Å². The average Bonchev–Trinajstić information content (AvgIpc) is 2.40. The second-order valence-electron chi connectivity index (χ2n) is 6.45. The van der Waals surface area contributed by atoms with Gasteiger partial charge in [0.15, 0.2) is 0 Å². The van der Waals surface area contributed by atoms with Crippen molar-refractivity contribution in [1.82, 2.24) is 5.43 Å². The lowest BCUT2D eigenvalue weighted by Crippen LogP contribution is -2.37. The molecule has 0 amide bonds. The molecule has 1 rings (SSSR count). The van der Waals surface area contributed by atoms with E-state index in [2.05, 4.69) is 19.3 Å². The molecule has 3 nitrogen and oxygen atoms in total. The molecule has 3 N–H and O–H groups in total. The first kappa shape index (κ1) is 15.9. The van der Waals surface area contributed by atoms with Crippen LogP contribution < -0.4 is 11.3 Å². The van der Waals surface area contributed by atoms with Gasteiger partial charge in [-0.2, -0.15) is 0 Å². The zero-order valence-electron chi connectivity index (χ0n) is 12.5. The summed E-state index contributed by atoms with van der Waals surface area (Å²) in [5.74, 6) is 6.62. The third kappa shape index (κ3) is 6.17. The lowest BCUT2D eigenvalue weighted by molar-refractivity contribution is 0.0113. The van der Waals surface area contributed by atoms with Gasteiger partial charge in [-0.25, -0.2) is 0 Å². The Morgan fingerprint density at radius 1 is 1.22 bits per heavy atom. The van der Waals surface area contributed by atoms with Crippen LogP contribution in [0.2, 0.25) is 0 Å². The monoisotopic (exact) mass is 256 g/mol. The van der Waals surface area contributed by atoms with Gasteiger partial charge in [-0.1, -0.05) is 32.1 Å². The van der Waals surface area contributed by atoms with Crippen molar-refractivity contribution in [1.29, 1.82) is 0 Å². The highest BCUT2D eigenvalue weighted by atomic mass is 16.5. The maximum absolute atomic E-state index is 5.67. The number of hydrogen-bond acceptors (Lipinski definition) is 3. The quantitative estimate of drug-likeness (QED) is 0.517. The van der Waals surface area contributed by atoms with Crippen LogP contribution in [0.3, 0.4) is 0 Å². The predicted octanol–water partition coefficient (Wildman–Crippen LogP) is 3.38. The summed E-state index contributed by atoms with van der Waals surface area (Å²) < 4.78 is 5.46. The Morgan fingerprint density at radius 2 is 1.89 bits per heavy atom. The summed E-state index contributed by atoms with van der Waals surface area (Å²) >= 11 is 0. The fourth-order valence-corrected chi connectivity index (χ4v) is 2.85. The van der Waals surface area contributed by atoms with E-state index < -0.39 is 0 Å². The third-order valence-corrected chi connectivity index (χ3v) is 4.53. The van der Waals surface area contributed by atoms with Gasteiger partial charge in [-0.3, -0.25) is 11.3 Å². The van der Waals surface area contributed by atoms with Crippen LogP contribution in [0.5, 0.6) is 0 Å². The molecule has 0 bridgehead atoms. The fraction of sp³-hybridized carbons (Fsp3) is 1.00. The van der Waals surface area contributed by atoms with Crippen molar-refractivity contribution in [2.24, 2.45) is 11.8 Å². The lowest BCUT2D eigenvalue weighted by atomic mass is 9.84. The van der Waals surface area contributed by atoms with Gasteiger partial charge in [0.1, 0.15) is 0 Å². The van der Waals surface area contributed by atoms with Gasteiger partial charge in [-0.15, -0.1) is 0 Å². The second-order valence-corrected chi connectivity index (χ2v) is 6.45. The first-order valence-electron chi connectivity index (χ1n) is 7.58. The number of nitrogens with one attached hydrogen (secondary N) is 1. The lowest BCUT2D eigenvalue weighted by Gasteiger charge is -2.27. The van der Waals surface area contributed by atoms with E-state index in [-0.39, 0.29) is 5.60 Å². The van der Waals surface area contributed by atoms with Crippen molar-refractivity contribution in [3.05, 3.63) is 0 Å². The molecule has 0 aromatic carbocycles. The van der Waals surface area contributed by atoms with E-state index in [1.165, 1.54) is 44.9 Å². The minimum absolute atomic E-state index is 0.0278. The first-order chi connectivity index (χ1) is 8.57. The molecule has 3 heteroatoms. The molecule has 0 heterocycles. The van der Waals surface area contributed by atoms with Crippen molar-refractivity contribution < 1.29 is 4.74 Å². The summed E-state index contributed by atoms with van der Waals surface area (Å²) in [6.07, 6.45) is 11.9. The van der Waals surface area contributed by atoms with E-state index in [1.54, 1.807) is 7.11 Å². The van der Waals surface area contributed by atoms with Crippen LogP contribution in [0, 0.1) is 5.92 Å². The summed E-state index contributed by atoms with van der Waals surface area (Å²) in [4.78, 5) is 0. The number of ether oxygens (including phenoxy) is 1. The van der Waals surface area contributed by atoms with E-state index in [9.17, 15) is 0 Å². The van der Waals surface area contributed by atoms with Crippen LogP contribution >= 0.6 is 0 Å². The molecule has 1 aliphatic carbocycles. The average molecular weight is 256 g/mol. The number of hydrogen-bond donors (Lipinski definition) is 2. The van der Waals surface area contributed by atoms with E-state index in [0.717, 1.165) is 18.8 Å². The Morgan fingerprint density at radius 3 is 2.44 bits per heavy atom. The van der Waals surface area contributed by atoms with Crippen molar-refractivity contribution in [3.8, 4) is 0 Å². The third-order valence-electron chi connectivity index (χ3n) is 4.53. The maximum atomic E-state index is 5.67. The van der Waals surface area contributed by atoms with E-state index in [4.69, 9.17) is 10.6 Å². The van der Waals surface area contributed by atoms with Gasteiger partial charge in [0.05, 0.1) is 5.60 Å². The largest absolute Gasteiger partial charge is 0.379 e. The molecule has 1 saturated carbocycles. The van der Waals surface area contributed by atoms with Gasteiger partial charge >= 0.3 is 0 Å². The van der Waals surface area contributed by atoms with Gasteiger partial charge < -0.3 is 4.74 Å². The molecule has 1 atom stereocenters. The van der Waals surface area contributed by atoms with Crippen LogP contribution in [0.25, 0.3) is 0 Å². The molecule has 0 aromatic rings. The van der Waals surface area contributed by atoms with Crippen molar-refractivity contribution in [3.63, 3.8) is 0 Å². The molecule has 108 valence electrons. The van der Waals surface area contributed by atoms with Crippen LogP contribution in [0.15, 0.2) is 0 Å². The van der Waals surface area contributed by atoms with Crippen molar-refractivity contribution in [2.45, 2.75) is 83.3 Å². The molecule has 1 unspecified atom stereocenters. The standard InChI is InChI=1S/C15H32N2O/c1-15(2,18-3)12-11-14(17-16)10-9-13-7-5-4-6-8-13/h13-14,17H,4-12,16H2,1-3H3. The van der Waals surface area contributed by atoms with E-state index in [1.807, 2.05) is 0 Å². The Labute approximate surface area is 113 Å². The Balaban J connectivity index is 2.20. The summed E-state index contributed by atoms with van der Waals surface area (Å²) in [7, 11) is 1.78. The zero-order chi connectivity index (χ0) is 13.4. The van der Waals surface area contributed by atoms with E-state index >= 15 is 0 Å². The fourth-order valence-electron chi connectivity index (χ4n) is 2.85. The number of rotatable bonds is 8. The molecule has 0 aliphatic heterocycles. The zero-order valence-corrected chi connectivity index (χ0v) is 12.5. The Bertz CT molecular complexity index is 213. The normalized spacial score (nSPS) is 20.0. The Kier molecular flexibility index (Phi) is 7.20. The summed E-state index contributed by atoms with van der Waals surface area (Å²) in [5, 5.41) is 0. The molecule has 0 radical (unpaired) electrons. The Hall–Kier alpha value is -0.120. The van der Waals surface area contributed by atoms with E-state index in [0.29, 0.717) is 6.04 Å². The SMILES string of the molecule is COC(C)(C)CCC(CCC1CCCCC1)NN. The van der Waals surface area contributed by atoms with Crippen molar-refractivity contribution >= 4 is 0 Å². The van der Waals surface area contributed by atoms with Crippen LogP contribution in [-0.4, -0.2) is 18.8 Å². The van der Waals surface area contributed by atoms with Gasteiger partial charge in [0.2, 0.25) is 0 Å². The highest BCUT2D eigenvalue weighted by molar-refractivity contribution is 4.75. The van der Waals surface area contributed by atoms with Crippen LogP contribution in [0.1, 0.15) is 71.6 Å².